The van der Waals surface area contributed by atoms with Crippen LogP contribution in [0.5, 0.6) is 0 Å². The van der Waals surface area contributed by atoms with Crippen molar-refractivity contribution in [3.05, 3.63) is 11.6 Å². The molecular weight excluding hydrogens is 744 g/mol. The van der Waals surface area contributed by atoms with Gasteiger partial charge in [-0.25, -0.2) is 9.59 Å². The monoisotopic (exact) mass is 806 g/mol. The number of fused-ring (bicyclic) bond motifs is 7. The highest BCUT2D eigenvalue weighted by Crippen LogP contribution is 2.75. The predicted molar refractivity (Wildman–Crippen MR) is 198 cm³/mol. The van der Waals surface area contributed by atoms with Gasteiger partial charge in [0.15, 0.2) is 30.6 Å². The number of carbonyl (C=O) groups excluding carboxylic acids is 1. The molecule has 6 fully saturated rings. The van der Waals surface area contributed by atoms with Crippen LogP contribution >= 0.6 is 0 Å². The molecule has 57 heavy (non-hydrogen) atoms. The second kappa shape index (κ2) is 14.0. The molecular formula is C42H62O15. The Labute approximate surface area is 333 Å². The third kappa shape index (κ3) is 6.35. The number of carbonyl (C=O) groups is 4. The molecule has 2 aliphatic heterocycles. The van der Waals surface area contributed by atoms with Gasteiger partial charge in [0.25, 0.3) is 0 Å². The summed E-state index contributed by atoms with van der Waals surface area (Å²) in [5, 5.41) is 72.3. The van der Waals surface area contributed by atoms with Crippen molar-refractivity contribution in [1.82, 2.24) is 0 Å². The third-order valence-electron chi connectivity index (χ3n) is 17.1. The first-order valence-corrected chi connectivity index (χ1v) is 20.6. The Kier molecular flexibility index (Phi) is 10.5. The topological polar surface area (TPSA) is 247 Å². The van der Waals surface area contributed by atoms with E-state index in [1.807, 2.05) is 13.0 Å². The molecule has 18 atom stereocenters. The van der Waals surface area contributed by atoms with Crippen LogP contribution in [0.1, 0.15) is 113 Å². The van der Waals surface area contributed by atoms with Gasteiger partial charge in [0.05, 0.1) is 17.6 Å². The minimum atomic E-state index is -1.96. The highest BCUT2D eigenvalue weighted by atomic mass is 16.8. The van der Waals surface area contributed by atoms with Gasteiger partial charge < -0.3 is 54.7 Å². The van der Waals surface area contributed by atoms with Crippen molar-refractivity contribution in [3.8, 4) is 0 Å². The van der Waals surface area contributed by atoms with Crippen molar-refractivity contribution >= 4 is 23.7 Å². The lowest BCUT2D eigenvalue weighted by Gasteiger charge is -2.70. The number of carboxylic acids is 3. The van der Waals surface area contributed by atoms with Crippen molar-refractivity contribution in [2.45, 2.75) is 174 Å². The summed E-state index contributed by atoms with van der Waals surface area (Å²) in [5.74, 6) is -4.18. The lowest BCUT2D eigenvalue weighted by Crippen LogP contribution is -2.67. The van der Waals surface area contributed by atoms with E-state index in [2.05, 4.69) is 41.5 Å². The number of allylic oxidation sites excluding steroid dienone is 2. The molecule has 7 N–H and O–H groups in total. The maximum atomic E-state index is 14.8. The fourth-order valence-corrected chi connectivity index (χ4v) is 13.4. The molecule has 5 aliphatic carbocycles. The van der Waals surface area contributed by atoms with E-state index in [4.69, 9.17) is 18.9 Å². The number of aliphatic hydroxyl groups is 4. The number of rotatable bonds is 7. The van der Waals surface area contributed by atoms with E-state index in [1.165, 1.54) is 0 Å². The summed E-state index contributed by atoms with van der Waals surface area (Å²) in [6, 6.07) is 0. The Morgan fingerprint density at radius 1 is 0.754 bits per heavy atom. The summed E-state index contributed by atoms with van der Waals surface area (Å²) in [5.41, 5.74) is -1.62. The molecule has 15 heteroatoms. The van der Waals surface area contributed by atoms with Crippen LogP contribution in [0.3, 0.4) is 0 Å². The number of carboxylic acid groups (broad SMARTS) is 3. The maximum absolute atomic E-state index is 14.8. The van der Waals surface area contributed by atoms with E-state index in [9.17, 15) is 54.9 Å². The molecule has 0 aromatic heterocycles. The number of hydrogen-bond acceptors (Lipinski definition) is 12. The second-order valence-electron chi connectivity index (χ2n) is 20.5. The third-order valence-corrected chi connectivity index (χ3v) is 17.1. The van der Waals surface area contributed by atoms with Gasteiger partial charge in [-0.2, -0.15) is 0 Å². The summed E-state index contributed by atoms with van der Waals surface area (Å²) in [4.78, 5) is 51.3. The van der Waals surface area contributed by atoms with Gasteiger partial charge in [0.2, 0.25) is 0 Å². The van der Waals surface area contributed by atoms with Crippen molar-refractivity contribution in [2.75, 3.05) is 0 Å². The number of hydrogen-bond donors (Lipinski definition) is 7. The summed E-state index contributed by atoms with van der Waals surface area (Å²) in [7, 11) is 0. The fourth-order valence-electron chi connectivity index (χ4n) is 13.4. The summed E-state index contributed by atoms with van der Waals surface area (Å²) in [6.45, 7) is 15.0. The highest BCUT2D eigenvalue weighted by molar-refractivity contribution is 5.95. The normalized spacial score (nSPS) is 51.9. The molecule has 15 nitrogen and oxygen atoms in total. The van der Waals surface area contributed by atoms with Crippen LogP contribution in [0.4, 0.5) is 0 Å². The van der Waals surface area contributed by atoms with Crippen LogP contribution in [0, 0.1) is 50.2 Å². The zero-order chi connectivity index (χ0) is 42.0. The molecule has 7 rings (SSSR count). The molecule has 2 heterocycles. The number of ether oxygens (including phenoxy) is 4. The van der Waals surface area contributed by atoms with Crippen LogP contribution in [0.25, 0.3) is 0 Å². The Hall–Kier alpha value is -2.50. The minimum absolute atomic E-state index is 0.00422. The molecule has 0 bridgehead atoms. The molecule has 2 saturated heterocycles. The van der Waals surface area contributed by atoms with Crippen molar-refractivity contribution in [3.63, 3.8) is 0 Å². The summed E-state index contributed by atoms with van der Waals surface area (Å²) < 4.78 is 23.7. The predicted octanol–water partition coefficient (Wildman–Crippen LogP) is 3.27. The van der Waals surface area contributed by atoms with E-state index in [-0.39, 0.29) is 34.4 Å². The Morgan fingerprint density at radius 3 is 2.02 bits per heavy atom. The number of aliphatic hydroxyl groups excluding tert-OH is 4. The lowest BCUT2D eigenvalue weighted by molar-refractivity contribution is -0.358. The van der Waals surface area contributed by atoms with E-state index < -0.39 is 107 Å². The van der Waals surface area contributed by atoms with Crippen LogP contribution in [0.15, 0.2) is 11.6 Å². The first-order valence-electron chi connectivity index (χ1n) is 20.6. The maximum Gasteiger partial charge on any atom is 0.335 e. The molecule has 0 spiro atoms. The lowest BCUT2D eigenvalue weighted by atomic mass is 9.33. The summed E-state index contributed by atoms with van der Waals surface area (Å²) >= 11 is 0. The molecule has 0 radical (unpaired) electrons. The number of aliphatic carboxylic acids is 3. The first-order chi connectivity index (χ1) is 26.3. The molecule has 7 aliphatic rings. The van der Waals surface area contributed by atoms with Crippen LogP contribution in [-0.2, 0) is 38.1 Å². The first kappa shape index (κ1) is 42.6. The van der Waals surface area contributed by atoms with Gasteiger partial charge in [-0.15, -0.1) is 0 Å². The van der Waals surface area contributed by atoms with Crippen LogP contribution in [-0.4, -0.2) is 121 Å². The van der Waals surface area contributed by atoms with Gasteiger partial charge in [-0.3, -0.25) is 9.59 Å². The average molecular weight is 807 g/mol. The average Bonchev–Trinajstić information content (AvgIpc) is 3.11. The zero-order valence-electron chi connectivity index (χ0n) is 34.1. The summed E-state index contributed by atoms with van der Waals surface area (Å²) in [6.07, 6.45) is -8.31. The van der Waals surface area contributed by atoms with Gasteiger partial charge in [-0.1, -0.05) is 47.1 Å². The zero-order valence-corrected chi connectivity index (χ0v) is 34.1. The molecule has 320 valence electrons. The van der Waals surface area contributed by atoms with E-state index in [1.54, 1.807) is 0 Å². The second-order valence-corrected chi connectivity index (χ2v) is 20.5. The van der Waals surface area contributed by atoms with Crippen molar-refractivity contribution < 1.29 is 73.9 Å². The Balaban J connectivity index is 1.17. The smallest absolute Gasteiger partial charge is 0.335 e. The molecule has 0 unspecified atom stereocenters. The highest BCUT2D eigenvalue weighted by Gasteiger charge is 2.71. The standard InChI is InChI=1S/C42H62O15/c1-37(2)23-8-11-42(7)32(22(44)16-19-20-18-39(4,36(52)53)13-12-38(20,3)14-15-41(19,42)6)40(23,5)10-9-24(37)54-35-31(28(47)27(46)30(57-35)34(50)51)56-25-17-21(43)26(45)29(55-25)33(48)49/h16,20-21,23-32,35,43,45-47H,8-15,17-18H2,1-7H3,(H,48,49)(H,50,51)(H,52,53)/t20-,21-,23+,24+,25+,26+,27+,28+,29+,30+,31-,32-,35+,38-,39+,40+,41-,42-/m1/s1. The molecule has 0 aromatic rings. The van der Waals surface area contributed by atoms with Crippen molar-refractivity contribution in [2.24, 2.45) is 50.2 Å². The quantitative estimate of drug-likeness (QED) is 0.183. The van der Waals surface area contributed by atoms with Crippen LogP contribution < -0.4 is 0 Å². The van der Waals surface area contributed by atoms with Crippen molar-refractivity contribution in [1.29, 1.82) is 0 Å². The van der Waals surface area contributed by atoms with Gasteiger partial charge in [-0.05, 0) is 110 Å². The van der Waals surface area contributed by atoms with E-state index >= 15 is 0 Å². The van der Waals surface area contributed by atoms with E-state index in [0.29, 0.717) is 25.7 Å². The number of ketones is 1. The minimum Gasteiger partial charge on any atom is -0.481 e. The SMILES string of the molecule is CC1(C)[C@@H](O[C@H]2O[C@H](C(=O)O)[C@@H](O)[C@H](O)[C@H]2O[C@H]2C[C@@H](O)[C@H](O)[C@@H](C(=O)O)O2)CC[C@]2(C)[C@H]3C(=O)C=C4[C@H]5C[C@@](C)(C(=O)O)CC[C@]5(C)CC[C@@]4(C)[C@]3(C)CC[C@@H]12. The Bertz CT molecular complexity index is 1700. The Morgan fingerprint density at radius 2 is 1.39 bits per heavy atom. The molecule has 0 amide bonds. The molecule has 0 aromatic carbocycles. The molecule has 4 saturated carbocycles. The fraction of sp³-hybridized carbons (Fsp3) is 0.857. The van der Waals surface area contributed by atoms with Gasteiger partial charge >= 0.3 is 17.9 Å². The van der Waals surface area contributed by atoms with E-state index in [0.717, 1.165) is 37.7 Å². The van der Waals surface area contributed by atoms with Gasteiger partial charge in [0, 0.05) is 12.3 Å². The van der Waals surface area contributed by atoms with Gasteiger partial charge in [0.1, 0.15) is 24.4 Å². The van der Waals surface area contributed by atoms with Crippen LogP contribution in [0.2, 0.25) is 0 Å². The largest absolute Gasteiger partial charge is 0.481 e.